The van der Waals surface area contributed by atoms with Crippen LogP contribution >= 0.6 is 12.2 Å². The summed E-state index contributed by atoms with van der Waals surface area (Å²) >= 11 is 5.18. The largest absolute Gasteiger partial charge is 0.497 e. The van der Waals surface area contributed by atoms with Crippen LogP contribution in [0.5, 0.6) is 5.75 Å². The molecular weight excluding hydrogens is 481 g/mol. The van der Waals surface area contributed by atoms with Crippen molar-refractivity contribution in [2.45, 2.75) is 31.6 Å². The second-order valence-electron chi connectivity index (χ2n) is 8.01. The zero-order valence-electron chi connectivity index (χ0n) is 18.8. The summed E-state index contributed by atoms with van der Waals surface area (Å²) < 4.78 is 47.6. The van der Waals surface area contributed by atoms with Crippen LogP contribution in [-0.2, 0) is 0 Å². The lowest BCUT2D eigenvalue weighted by Crippen LogP contribution is -2.44. The van der Waals surface area contributed by atoms with Gasteiger partial charge in [-0.15, -0.1) is 0 Å². The van der Waals surface area contributed by atoms with Crippen molar-refractivity contribution in [3.8, 4) is 5.75 Å². The molecule has 3 aromatic rings. The number of anilines is 2. The third-order valence-corrected chi connectivity index (χ3v) is 5.80. The molecule has 2 aromatic carbocycles. The predicted molar refractivity (Wildman–Crippen MR) is 129 cm³/mol. The van der Waals surface area contributed by atoms with Crippen molar-refractivity contribution < 1.29 is 22.7 Å². The third-order valence-electron chi connectivity index (χ3n) is 5.60. The van der Waals surface area contributed by atoms with E-state index in [9.17, 15) is 18.0 Å². The highest BCUT2D eigenvalue weighted by Gasteiger charge is 2.47. The van der Waals surface area contributed by atoms with Crippen LogP contribution in [0.25, 0.3) is 0 Å². The van der Waals surface area contributed by atoms with Crippen LogP contribution in [0.3, 0.4) is 0 Å². The number of thiocarbonyl (C=S) groups is 1. The average molecular weight is 505 g/mol. The predicted octanol–water partition coefficient (Wildman–Crippen LogP) is 4.49. The highest BCUT2D eigenvalue weighted by Crippen LogP contribution is 2.44. The van der Waals surface area contributed by atoms with Gasteiger partial charge in [0.25, 0.3) is 5.91 Å². The number of aryl methyl sites for hydroxylation is 1. The molecule has 0 radical (unpaired) electrons. The molecule has 8 nitrogen and oxygen atoms in total. The molecule has 4 rings (SSSR count). The van der Waals surface area contributed by atoms with E-state index in [4.69, 9.17) is 17.0 Å². The number of aromatic nitrogens is 2. The SMILES string of the molecule is COc1ccc(C2CC(C(F)(F)F)n3ncc(C(=O)NNC(=S)Nc4ccc(C)cc4)c3N2)cc1. The minimum Gasteiger partial charge on any atom is -0.497 e. The van der Waals surface area contributed by atoms with Crippen molar-refractivity contribution in [3.63, 3.8) is 0 Å². The number of carbonyl (C=O) groups excluding carboxylic acids is 1. The molecule has 184 valence electrons. The van der Waals surface area contributed by atoms with E-state index in [1.54, 1.807) is 24.3 Å². The fraction of sp³-hybridized carbons (Fsp3) is 0.261. The number of alkyl halides is 3. The molecule has 0 bridgehead atoms. The molecule has 2 heterocycles. The van der Waals surface area contributed by atoms with Crippen LogP contribution < -0.4 is 26.2 Å². The summed E-state index contributed by atoms with van der Waals surface area (Å²) in [7, 11) is 1.51. The first-order chi connectivity index (χ1) is 16.7. The van der Waals surface area contributed by atoms with Crippen molar-refractivity contribution in [1.82, 2.24) is 20.6 Å². The smallest absolute Gasteiger partial charge is 0.410 e. The Balaban J connectivity index is 1.51. The Kier molecular flexibility index (Phi) is 6.83. The Hall–Kier alpha value is -3.80. The van der Waals surface area contributed by atoms with Crippen LogP contribution in [-0.4, -0.2) is 34.1 Å². The molecular formula is C23H23F3N6O2S. The second-order valence-corrected chi connectivity index (χ2v) is 8.42. The zero-order valence-corrected chi connectivity index (χ0v) is 19.6. The molecule has 1 aliphatic rings. The fourth-order valence-electron chi connectivity index (χ4n) is 3.76. The number of nitrogens with zero attached hydrogens (tertiary/aromatic N) is 2. The van der Waals surface area contributed by atoms with Crippen molar-refractivity contribution >= 4 is 34.7 Å². The van der Waals surface area contributed by atoms with E-state index in [0.717, 1.165) is 16.4 Å². The number of carbonyl (C=O) groups is 1. The van der Waals surface area contributed by atoms with Crippen LogP contribution in [0.1, 0.15) is 40.0 Å². The van der Waals surface area contributed by atoms with Gasteiger partial charge in [0, 0.05) is 12.1 Å². The van der Waals surface area contributed by atoms with Crippen LogP contribution in [0, 0.1) is 6.92 Å². The third kappa shape index (κ3) is 5.48. The number of amides is 1. The molecule has 1 amide bonds. The van der Waals surface area contributed by atoms with Gasteiger partial charge in [-0.2, -0.15) is 18.3 Å². The molecule has 2 unspecified atom stereocenters. The van der Waals surface area contributed by atoms with Gasteiger partial charge >= 0.3 is 6.18 Å². The van der Waals surface area contributed by atoms with Gasteiger partial charge in [0.2, 0.25) is 0 Å². The second kappa shape index (κ2) is 9.82. The molecule has 1 aromatic heterocycles. The Morgan fingerprint density at radius 1 is 1.14 bits per heavy atom. The molecule has 12 heteroatoms. The van der Waals surface area contributed by atoms with Crippen molar-refractivity contribution in [2.24, 2.45) is 0 Å². The monoisotopic (exact) mass is 504 g/mol. The fourth-order valence-corrected chi connectivity index (χ4v) is 3.93. The van der Waals surface area contributed by atoms with Gasteiger partial charge in [0.15, 0.2) is 11.2 Å². The van der Waals surface area contributed by atoms with Crippen LogP contribution in [0.15, 0.2) is 54.7 Å². The molecule has 0 fully saturated rings. The molecule has 0 aliphatic carbocycles. The van der Waals surface area contributed by atoms with Gasteiger partial charge in [-0.1, -0.05) is 29.8 Å². The van der Waals surface area contributed by atoms with Crippen LogP contribution in [0.2, 0.25) is 0 Å². The topological polar surface area (TPSA) is 92.2 Å². The number of hydrogen-bond acceptors (Lipinski definition) is 5. The maximum Gasteiger partial charge on any atom is 0.410 e. The minimum absolute atomic E-state index is 0.0314. The molecule has 35 heavy (non-hydrogen) atoms. The summed E-state index contributed by atoms with van der Waals surface area (Å²) in [5.74, 6) is -0.137. The van der Waals surface area contributed by atoms with E-state index in [-0.39, 0.29) is 22.9 Å². The van der Waals surface area contributed by atoms with Gasteiger partial charge in [-0.05, 0) is 49.0 Å². The quantitative estimate of drug-likeness (QED) is 0.307. The van der Waals surface area contributed by atoms with Gasteiger partial charge in [-0.25, -0.2) is 4.68 Å². The maximum atomic E-state index is 13.9. The standard InChI is InChI=1S/C23H23F3N6O2S/c1-13-3-7-15(8-4-13)28-22(35)31-30-21(33)17-12-27-32-19(23(24,25)26)11-18(29-20(17)32)14-5-9-16(34-2)10-6-14/h3-10,12,18-19,29H,11H2,1-2H3,(H,30,33)(H2,28,31,35). The number of hydrogen-bond donors (Lipinski definition) is 4. The lowest BCUT2D eigenvalue weighted by atomic mass is 9.96. The van der Waals surface area contributed by atoms with E-state index >= 15 is 0 Å². The summed E-state index contributed by atoms with van der Waals surface area (Å²) in [6, 6.07) is 11.6. The first-order valence-electron chi connectivity index (χ1n) is 10.6. The summed E-state index contributed by atoms with van der Waals surface area (Å²) in [4.78, 5) is 12.8. The molecule has 0 spiro atoms. The summed E-state index contributed by atoms with van der Waals surface area (Å²) in [5.41, 5.74) is 7.32. The van der Waals surface area contributed by atoms with E-state index in [2.05, 4.69) is 26.6 Å². The lowest BCUT2D eigenvalue weighted by Gasteiger charge is -2.34. The number of methoxy groups -OCH3 is 1. The summed E-state index contributed by atoms with van der Waals surface area (Å²) in [6.07, 6.45) is -3.74. The lowest BCUT2D eigenvalue weighted by molar-refractivity contribution is -0.173. The number of benzene rings is 2. The van der Waals surface area contributed by atoms with Crippen LogP contribution in [0.4, 0.5) is 24.7 Å². The molecule has 0 saturated carbocycles. The first-order valence-corrected chi connectivity index (χ1v) is 11.0. The van der Waals surface area contributed by atoms with E-state index in [1.165, 1.54) is 7.11 Å². The number of halogens is 3. The number of rotatable bonds is 4. The number of fused-ring (bicyclic) bond motifs is 1. The van der Waals surface area contributed by atoms with Crippen molar-refractivity contribution in [1.29, 1.82) is 0 Å². The highest BCUT2D eigenvalue weighted by atomic mass is 32.1. The molecule has 1 aliphatic heterocycles. The highest BCUT2D eigenvalue weighted by molar-refractivity contribution is 7.80. The summed E-state index contributed by atoms with van der Waals surface area (Å²) in [6.45, 7) is 1.95. The average Bonchev–Trinajstić information content (AvgIpc) is 3.27. The number of ether oxygens (including phenoxy) is 1. The van der Waals surface area contributed by atoms with Gasteiger partial charge in [-0.3, -0.25) is 15.6 Å². The number of hydrazine groups is 1. The zero-order chi connectivity index (χ0) is 25.2. The Morgan fingerprint density at radius 2 is 1.83 bits per heavy atom. The first kappa shape index (κ1) is 24.3. The van der Waals surface area contributed by atoms with E-state index < -0.39 is 24.2 Å². The Morgan fingerprint density at radius 3 is 2.46 bits per heavy atom. The Bertz CT molecular complexity index is 1210. The number of nitrogens with one attached hydrogen (secondary N) is 4. The summed E-state index contributed by atoms with van der Waals surface area (Å²) in [5, 5.41) is 9.92. The molecule has 4 N–H and O–H groups in total. The normalized spacial score (nSPS) is 17.1. The van der Waals surface area contributed by atoms with Gasteiger partial charge in [0.1, 0.15) is 17.1 Å². The molecule has 2 atom stereocenters. The Labute approximate surface area is 204 Å². The van der Waals surface area contributed by atoms with E-state index in [1.807, 2.05) is 31.2 Å². The molecule has 0 saturated heterocycles. The van der Waals surface area contributed by atoms with Crippen molar-refractivity contribution in [3.05, 3.63) is 71.4 Å². The van der Waals surface area contributed by atoms with E-state index in [0.29, 0.717) is 17.0 Å². The maximum absolute atomic E-state index is 13.9. The van der Waals surface area contributed by atoms with Gasteiger partial charge in [0.05, 0.1) is 19.3 Å². The minimum atomic E-state index is -4.56. The van der Waals surface area contributed by atoms with Crippen molar-refractivity contribution in [2.75, 3.05) is 17.7 Å². The van der Waals surface area contributed by atoms with Gasteiger partial charge < -0.3 is 15.4 Å².